The second-order valence-corrected chi connectivity index (χ2v) is 8.83. The molecule has 158 valence electrons. The van der Waals surface area contributed by atoms with Crippen LogP contribution >= 0.6 is 0 Å². The summed E-state index contributed by atoms with van der Waals surface area (Å²) in [6.45, 7) is 2.57. The van der Waals surface area contributed by atoms with E-state index in [0.717, 1.165) is 26.1 Å². The van der Waals surface area contributed by atoms with Crippen molar-refractivity contribution in [1.82, 2.24) is 9.80 Å². The fourth-order valence-electron chi connectivity index (χ4n) is 5.28. The quantitative estimate of drug-likeness (QED) is 0.794. The van der Waals surface area contributed by atoms with E-state index in [2.05, 4.69) is 17.0 Å². The molecule has 2 saturated heterocycles. The molecule has 1 spiro atoms. The molecule has 6 heteroatoms. The molecule has 3 fully saturated rings. The van der Waals surface area contributed by atoms with Crippen molar-refractivity contribution in [2.75, 3.05) is 19.7 Å². The Hall–Kier alpha value is -1.92. The first-order chi connectivity index (χ1) is 14.1. The van der Waals surface area contributed by atoms with Gasteiger partial charge in [0.25, 0.3) is 0 Å². The van der Waals surface area contributed by atoms with Crippen molar-refractivity contribution in [2.45, 2.75) is 69.7 Å². The van der Waals surface area contributed by atoms with Crippen molar-refractivity contribution in [3.63, 3.8) is 0 Å². The number of piperidine rings is 1. The van der Waals surface area contributed by atoms with Crippen LogP contribution in [0.25, 0.3) is 0 Å². The SMILES string of the molecule is O=C(O)C1COC2(CCN(Cc3ccccc3)CC2)N1C(=O)CCC1CCCC1. The zero-order valence-corrected chi connectivity index (χ0v) is 17.1. The lowest BCUT2D eigenvalue weighted by molar-refractivity contribution is -0.166. The average molecular weight is 401 g/mol. The molecule has 1 N–H and O–H groups in total. The van der Waals surface area contributed by atoms with E-state index in [9.17, 15) is 14.7 Å². The van der Waals surface area contributed by atoms with Gasteiger partial charge in [-0.25, -0.2) is 4.79 Å². The minimum absolute atomic E-state index is 0.0432. The first-order valence-corrected chi connectivity index (χ1v) is 11.0. The third-order valence-corrected chi connectivity index (χ3v) is 6.94. The van der Waals surface area contributed by atoms with Crippen molar-refractivity contribution in [3.8, 4) is 0 Å². The van der Waals surface area contributed by atoms with Gasteiger partial charge in [-0.15, -0.1) is 0 Å². The van der Waals surface area contributed by atoms with Crippen LogP contribution in [-0.4, -0.2) is 58.2 Å². The van der Waals surface area contributed by atoms with Gasteiger partial charge in [-0.2, -0.15) is 0 Å². The highest BCUT2D eigenvalue weighted by atomic mass is 16.5. The van der Waals surface area contributed by atoms with Crippen molar-refractivity contribution in [2.24, 2.45) is 5.92 Å². The molecule has 1 atom stereocenters. The predicted molar refractivity (Wildman–Crippen MR) is 109 cm³/mol. The molecule has 4 rings (SSSR count). The summed E-state index contributed by atoms with van der Waals surface area (Å²) in [6.07, 6.45) is 7.55. The van der Waals surface area contributed by atoms with Gasteiger partial charge in [0, 0.05) is 38.9 Å². The maximum Gasteiger partial charge on any atom is 0.328 e. The number of aliphatic carboxylic acids is 1. The van der Waals surface area contributed by atoms with E-state index < -0.39 is 17.7 Å². The molecule has 0 aromatic heterocycles. The van der Waals surface area contributed by atoms with Gasteiger partial charge in [0.15, 0.2) is 6.04 Å². The number of carboxylic acid groups (broad SMARTS) is 1. The normalized spacial score (nSPS) is 25.0. The number of rotatable bonds is 6. The summed E-state index contributed by atoms with van der Waals surface area (Å²) in [7, 11) is 0. The molecule has 0 radical (unpaired) electrons. The van der Waals surface area contributed by atoms with Gasteiger partial charge in [-0.3, -0.25) is 14.6 Å². The Morgan fingerprint density at radius 2 is 1.79 bits per heavy atom. The fourth-order valence-corrected chi connectivity index (χ4v) is 5.28. The summed E-state index contributed by atoms with van der Waals surface area (Å²) in [5.41, 5.74) is 0.520. The monoisotopic (exact) mass is 400 g/mol. The molecule has 1 aromatic carbocycles. The van der Waals surface area contributed by atoms with Crippen molar-refractivity contribution in [3.05, 3.63) is 35.9 Å². The minimum Gasteiger partial charge on any atom is -0.480 e. The lowest BCUT2D eigenvalue weighted by Crippen LogP contribution is -2.58. The number of likely N-dealkylation sites (tertiary alicyclic amines) is 1. The van der Waals surface area contributed by atoms with Crippen LogP contribution in [0.1, 0.15) is 56.9 Å². The zero-order valence-electron chi connectivity index (χ0n) is 17.1. The third-order valence-electron chi connectivity index (χ3n) is 6.94. The molecular formula is C23H32N2O4. The highest BCUT2D eigenvalue weighted by Gasteiger charge is 2.53. The van der Waals surface area contributed by atoms with Crippen molar-refractivity contribution >= 4 is 11.9 Å². The van der Waals surface area contributed by atoms with Gasteiger partial charge >= 0.3 is 5.97 Å². The Kier molecular flexibility index (Phi) is 6.20. The number of carbonyl (C=O) groups excluding carboxylic acids is 1. The molecule has 6 nitrogen and oxygen atoms in total. The number of ether oxygens (including phenoxy) is 1. The van der Waals surface area contributed by atoms with Crippen molar-refractivity contribution < 1.29 is 19.4 Å². The van der Waals surface area contributed by atoms with Gasteiger partial charge in [0.05, 0.1) is 6.61 Å². The number of carbonyl (C=O) groups is 2. The van der Waals surface area contributed by atoms with Crippen LogP contribution in [0.3, 0.4) is 0 Å². The summed E-state index contributed by atoms with van der Waals surface area (Å²) in [4.78, 5) is 28.9. The van der Waals surface area contributed by atoms with E-state index in [1.807, 2.05) is 18.2 Å². The fraction of sp³-hybridized carbons (Fsp3) is 0.652. The predicted octanol–water partition coefficient (Wildman–Crippen LogP) is 3.26. The molecule has 1 unspecified atom stereocenters. The Bertz CT molecular complexity index is 709. The van der Waals surface area contributed by atoms with Crippen LogP contribution in [0.15, 0.2) is 30.3 Å². The van der Waals surface area contributed by atoms with E-state index >= 15 is 0 Å². The molecule has 2 aliphatic heterocycles. The number of benzene rings is 1. The Morgan fingerprint density at radius 1 is 1.10 bits per heavy atom. The second-order valence-electron chi connectivity index (χ2n) is 8.83. The summed E-state index contributed by atoms with van der Waals surface area (Å²) in [5, 5.41) is 9.69. The molecular weight excluding hydrogens is 368 g/mol. The van der Waals surface area contributed by atoms with Crippen molar-refractivity contribution in [1.29, 1.82) is 0 Å². The van der Waals surface area contributed by atoms with Gasteiger partial charge in [0.2, 0.25) is 5.91 Å². The van der Waals surface area contributed by atoms with Crippen LogP contribution in [0.5, 0.6) is 0 Å². The highest BCUT2D eigenvalue weighted by Crippen LogP contribution is 2.39. The number of nitrogens with zero attached hydrogens (tertiary/aromatic N) is 2. The van der Waals surface area contributed by atoms with Gasteiger partial charge in [0.1, 0.15) is 5.72 Å². The maximum atomic E-state index is 13.1. The Morgan fingerprint density at radius 3 is 2.45 bits per heavy atom. The van der Waals surface area contributed by atoms with Crippen LogP contribution in [0.2, 0.25) is 0 Å². The Labute approximate surface area is 172 Å². The molecule has 3 aliphatic rings. The second kappa shape index (κ2) is 8.84. The summed E-state index contributed by atoms with van der Waals surface area (Å²) < 4.78 is 6.06. The Balaban J connectivity index is 1.40. The first-order valence-electron chi connectivity index (χ1n) is 11.0. The summed E-state index contributed by atoms with van der Waals surface area (Å²) >= 11 is 0. The third kappa shape index (κ3) is 4.48. The largest absolute Gasteiger partial charge is 0.480 e. The molecule has 1 amide bonds. The molecule has 2 heterocycles. The van der Waals surface area contributed by atoms with Crippen LogP contribution < -0.4 is 0 Å². The van der Waals surface area contributed by atoms with Crippen LogP contribution in [0.4, 0.5) is 0 Å². The van der Waals surface area contributed by atoms with E-state index in [4.69, 9.17) is 4.74 Å². The molecule has 0 bridgehead atoms. The smallest absolute Gasteiger partial charge is 0.328 e. The molecule has 1 saturated carbocycles. The summed E-state index contributed by atoms with van der Waals surface area (Å²) in [6, 6.07) is 9.49. The topological polar surface area (TPSA) is 70.1 Å². The van der Waals surface area contributed by atoms with E-state index in [1.54, 1.807) is 4.90 Å². The van der Waals surface area contributed by atoms with Gasteiger partial charge < -0.3 is 9.84 Å². The molecule has 1 aliphatic carbocycles. The van der Waals surface area contributed by atoms with Crippen LogP contribution in [0, 0.1) is 5.92 Å². The number of hydrogen-bond donors (Lipinski definition) is 1. The first kappa shape index (κ1) is 20.4. The number of amides is 1. The lowest BCUT2D eigenvalue weighted by atomic mass is 9.95. The highest BCUT2D eigenvalue weighted by molar-refractivity contribution is 5.85. The average Bonchev–Trinajstić information content (AvgIpc) is 3.37. The minimum atomic E-state index is -0.956. The van der Waals surface area contributed by atoms with E-state index in [1.165, 1.54) is 31.2 Å². The number of carboxylic acids is 1. The molecule has 29 heavy (non-hydrogen) atoms. The maximum absolute atomic E-state index is 13.1. The zero-order chi connectivity index (χ0) is 20.3. The number of hydrogen-bond acceptors (Lipinski definition) is 4. The van der Waals surface area contributed by atoms with Crippen LogP contribution in [-0.2, 0) is 20.9 Å². The van der Waals surface area contributed by atoms with Gasteiger partial charge in [-0.05, 0) is 17.9 Å². The molecule has 1 aromatic rings. The van der Waals surface area contributed by atoms with Gasteiger partial charge in [-0.1, -0.05) is 56.0 Å². The lowest BCUT2D eigenvalue weighted by Gasteiger charge is -2.44. The van der Waals surface area contributed by atoms with E-state index in [-0.39, 0.29) is 12.5 Å². The van der Waals surface area contributed by atoms with E-state index in [0.29, 0.717) is 25.2 Å². The summed E-state index contributed by atoms with van der Waals surface area (Å²) in [5.74, 6) is -0.379. The standard InChI is InChI=1S/C23H32N2O4/c26-21(11-10-18-6-4-5-7-18)25-20(22(27)28)17-29-23(25)12-14-24(15-13-23)16-19-8-2-1-3-9-19/h1-3,8-9,18,20H,4-7,10-17H2,(H,27,28).